The SMILES string of the molecule is CC(C)(N)c1ccc(Cl)cc1CO. The molecular formula is C10H14ClNO. The van der Waals surface area contributed by atoms with E-state index >= 15 is 0 Å². The van der Waals surface area contributed by atoms with Gasteiger partial charge in [0.15, 0.2) is 0 Å². The summed E-state index contributed by atoms with van der Waals surface area (Å²) in [6.07, 6.45) is 0. The van der Waals surface area contributed by atoms with Crippen LogP contribution in [0.3, 0.4) is 0 Å². The van der Waals surface area contributed by atoms with Crippen molar-refractivity contribution in [2.75, 3.05) is 0 Å². The van der Waals surface area contributed by atoms with Crippen LogP contribution in [0.4, 0.5) is 0 Å². The largest absolute Gasteiger partial charge is 0.392 e. The molecule has 1 aromatic rings. The van der Waals surface area contributed by atoms with E-state index in [4.69, 9.17) is 22.4 Å². The van der Waals surface area contributed by atoms with Crippen molar-refractivity contribution in [1.29, 1.82) is 0 Å². The number of hydrogen-bond donors (Lipinski definition) is 2. The first-order valence-electron chi connectivity index (χ1n) is 4.14. The van der Waals surface area contributed by atoms with Gasteiger partial charge in [-0.15, -0.1) is 0 Å². The molecular weight excluding hydrogens is 186 g/mol. The minimum atomic E-state index is -0.442. The molecule has 0 aliphatic heterocycles. The molecule has 0 saturated heterocycles. The van der Waals surface area contributed by atoms with Gasteiger partial charge in [0, 0.05) is 10.6 Å². The maximum atomic E-state index is 9.09. The Morgan fingerprint density at radius 1 is 1.46 bits per heavy atom. The molecule has 0 saturated carbocycles. The third kappa shape index (κ3) is 2.44. The standard InChI is InChI=1S/C10H14ClNO/c1-10(2,12)9-4-3-8(11)5-7(9)6-13/h3-5,13H,6,12H2,1-2H3. The molecule has 0 heterocycles. The summed E-state index contributed by atoms with van der Waals surface area (Å²) in [5.74, 6) is 0. The highest BCUT2D eigenvalue weighted by molar-refractivity contribution is 6.30. The first kappa shape index (κ1) is 10.5. The molecule has 2 nitrogen and oxygen atoms in total. The van der Waals surface area contributed by atoms with Crippen molar-refractivity contribution in [2.45, 2.75) is 26.0 Å². The van der Waals surface area contributed by atoms with Crippen LogP contribution in [-0.4, -0.2) is 5.11 Å². The van der Waals surface area contributed by atoms with Crippen LogP contribution in [0.15, 0.2) is 18.2 Å². The quantitative estimate of drug-likeness (QED) is 0.766. The van der Waals surface area contributed by atoms with Crippen molar-refractivity contribution in [3.63, 3.8) is 0 Å². The molecule has 0 fully saturated rings. The average Bonchev–Trinajstić information content (AvgIpc) is 2.01. The Kier molecular flexibility index (Phi) is 2.96. The second-order valence-electron chi connectivity index (χ2n) is 3.68. The molecule has 1 rings (SSSR count). The van der Waals surface area contributed by atoms with Crippen LogP contribution in [0.1, 0.15) is 25.0 Å². The monoisotopic (exact) mass is 199 g/mol. The van der Waals surface area contributed by atoms with E-state index in [1.54, 1.807) is 12.1 Å². The fraction of sp³-hybridized carbons (Fsp3) is 0.400. The molecule has 0 bridgehead atoms. The molecule has 0 aliphatic rings. The lowest BCUT2D eigenvalue weighted by molar-refractivity contribution is 0.278. The maximum Gasteiger partial charge on any atom is 0.0685 e. The maximum absolute atomic E-state index is 9.09. The van der Waals surface area contributed by atoms with Gasteiger partial charge in [0.2, 0.25) is 0 Å². The van der Waals surface area contributed by atoms with Gasteiger partial charge >= 0.3 is 0 Å². The van der Waals surface area contributed by atoms with Crippen LogP contribution in [0.25, 0.3) is 0 Å². The zero-order valence-corrected chi connectivity index (χ0v) is 8.60. The lowest BCUT2D eigenvalue weighted by Crippen LogP contribution is -2.30. The minimum Gasteiger partial charge on any atom is -0.392 e. The van der Waals surface area contributed by atoms with Crippen molar-refractivity contribution < 1.29 is 5.11 Å². The smallest absolute Gasteiger partial charge is 0.0685 e. The topological polar surface area (TPSA) is 46.2 Å². The van der Waals surface area contributed by atoms with Crippen molar-refractivity contribution in [1.82, 2.24) is 0 Å². The Bertz CT molecular complexity index is 304. The van der Waals surface area contributed by atoms with Gasteiger partial charge in [0.25, 0.3) is 0 Å². The number of aliphatic hydroxyl groups excluding tert-OH is 1. The van der Waals surface area contributed by atoms with Gasteiger partial charge in [-0.1, -0.05) is 17.7 Å². The molecule has 0 radical (unpaired) electrons. The van der Waals surface area contributed by atoms with Crippen LogP contribution >= 0.6 is 11.6 Å². The molecule has 0 aromatic heterocycles. The summed E-state index contributed by atoms with van der Waals surface area (Å²) >= 11 is 5.79. The number of nitrogens with two attached hydrogens (primary N) is 1. The Labute approximate surface area is 83.3 Å². The molecule has 3 heteroatoms. The number of halogens is 1. The van der Waals surface area contributed by atoms with E-state index in [1.165, 1.54) is 0 Å². The fourth-order valence-corrected chi connectivity index (χ4v) is 1.52. The second kappa shape index (κ2) is 3.66. The van der Waals surface area contributed by atoms with Gasteiger partial charge in [0.1, 0.15) is 0 Å². The summed E-state index contributed by atoms with van der Waals surface area (Å²) in [5.41, 5.74) is 7.21. The van der Waals surface area contributed by atoms with Gasteiger partial charge in [-0.3, -0.25) is 0 Å². The van der Waals surface area contributed by atoms with E-state index in [-0.39, 0.29) is 6.61 Å². The van der Waals surface area contributed by atoms with Crippen LogP contribution in [0, 0.1) is 0 Å². The van der Waals surface area contributed by atoms with Gasteiger partial charge < -0.3 is 10.8 Å². The normalized spacial score (nSPS) is 11.8. The van der Waals surface area contributed by atoms with Crippen molar-refractivity contribution in [3.8, 4) is 0 Å². The number of aliphatic hydroxyl groups is 1. The molecule has 3 N–H and O–H groups in total. The summed E-state index contributed by atoms with van der Waals surface area (Å²) in [6.45, 7) is 3.77. The van der Waals surface area contributed by atoms with Gasteiger partial charge in [-0.2, -0.15) is 0 Å². The number of hydrogen-bond acceptors (Lipinski definition) is 2. The predicted octanol–water partition coefficient (Wildman–Crippen LogP) is 2.03. The van der Waals surface area contributed by atoms with E-state index < -0.39 is 5.54 Å². The molecule has 0 amide bonds. The highest BCUT2D eigenvalue weighted by Crippen LogP contribution is 2.24. The molecule has 13 heavy (non-hydrogen) atoms. The van der Waals surface area contributed by atoms with Crippen molar-refractivity contribution in [2.24, 2.45) is 5.73 Å². The lowest BCUT2D eigenvalue weighted by atomic mass is 9.91. The minimum absolute atomic E-state index is 0.0312. The first-order chi connectivity index (χ1) is 5.95. The van der Waals surface area contributed by atoms with Crippen molar-refractivity contribution in [3.05, 3.63) is 34.3 Å². The second-order valence-corrected chi connectivity index (χ2v) is 4.12. The van der Waals surface area contributed by atoms with E-state index in [2.05, 4.69) is 0 Å². The molecule has 0 spiro atoms. The van der Waals surface area contributed by atoms with Gasteiger partial charge in [0.05, 0.1) is 6.61 Å². The van der Waals surface area contributed by atoms with Crippen LogP contribution in [0.2, 0.25) is 5.02 Å². The van der Waals surface area contributed by atoms with Gasteiger partial charge in [-0.05, 0) is 37.1 Å². The third-order valence-electron chi connectivity index (χ3n) is 1.93. The third-order valence-corrected chi connectivity index (χ3v) is 2.17. The highest BCUT2D eigenvalue weighted by Gasteiger charge is 2.17. The molecule has 0 atom stereocenters. The zero-order chi connectivity index (χ0) is 10.1. The van der Waals surface area contributed by atoms with E-state index in [1.807, 2.05) is 19.9 Å². The van der Waals surface area contributed by atoms with Crippen LogP contribution < -0.4 is 5.73 Å². The number of benzene rings is 1. The van der Waals surface area contributed by atoms with Crippen LogP contribution in [-0.2, 0) is 12.1 Å². The van der Waals surface area contributed by atoms with E-state index in [9.17, 15) is 0 Å². The molecule has 72 valence electrons. The average molecular weight is 200 g/mol. The first-order valence-corrected chi connectivity index (χ1v) is 4.51. The van der Waals surface area contributed by atoms with Crippen molar-refractivity contribution >= 4 is 11.6 Å². The summed E-state index contributed by atoms with van der Waals surface area (Å²) < 4.78 is 0. The Morgan fingerprint density at radius 2 is 2.08 bits per heavy atom. The van der Waals surface area contributed by atoms with Gasteiger partial charge in [-0.25, -0.2) is 0 Å². The molecule has 0 unspecified atom stereocenters. The summed E-state index contributed by atoms with van der Waals surface area (Å²) in [5, 5.41) is 9.71. The summed E-state index contributed by atoms with van der Waals surface area (Å²) in [6, 6.07) is 5.38. The Balaban J connectivity index is 3.22. The molecule has 0 aliphatic carbocycles. The van der Waals surface area contributed by atoms with E-state index in [0.29, 0.717) is 5.02 Å². The van der Waals surface area contributed by atoms with Crippen LogP contribution in [0.5, 0.6) is 0 Å². The Hall–Kier alpha value is -0.570. The fourth-order valence-electron chi connectivity index (χ4n) is 1.32. The Morgan fingerprint density at radius 3 is 2.54 bits per heavy atom. The molecule has 1 aromatic carbocycles. The predicted molar refractivity (Wildman–Crippen MR) is 54.6 cm³/mol. The summed E-state index contributed by atoms with van der Waals surface area (Å²) in [7, 11) is 0. The number of rotatable bonds is 2. The summed E-state index contributed by atoms with van der Waals surface area (Å²) in [4.78, 5) is 0. The lowest BCUT2D eigenvalue weighted by Gasteiger charge is -2.22. The zero-order valence-electron chi connectivity index (χ0n) is 7.84. The van der Waals surface area contributed by atoms with E-state index in [0.717, 1.165) is 11.1 Å². The highest BCUT2D eigenvalue weighted by atomic mass is 35.5.